The number of nitrogens with two attached hydrogens (primary N) is 1. The highest BCUT2D eigenvalue weighted by Crippen LogP contribution is 2.26. The molecule has 0 spiro atoms. The predicted octanol–water partition coefficient (Wildman–Crippen LogP) is 4.48. The van der Waals surface area contributed by atoms with Gasteiger partial charge < -0.3 is 10.5 Å². The molecule has 2 nitrogen and oxygen atoms in total. The average molecular weight is 334 g/mol. The van der Waals surface area contributed by atoms with Gasteiger partial charge in [-0.1, -0.05) is 36.4 Å². The first-order valence-corrected chi connectivity index (χ1v) is 7.63. The molecule has 0 amide bonds. The van der Waals surface area contributed by atoms with Gasteiger partial charge in [-0.15, -0.1) is 0 Å². The summed E-state index contributed by atoms with van der Waals surface area (Å²) in [5.74, 6) is 0.870. The van der Waals surface area contributed by atoms with E-state index in [1.807, 2.05) is 24.3 Å². The Balaban J connectivity index is 1.85. The van der Waals surface area contributed by atoms with Crippen molar-refractivity contribution in [3.05, 3.63) is 64.1 Å². The lowest BCUT2D eigenvalue weighted by Crippen LogP contribution is -2.10. The molecule has 0 saturated carbocycles. The Labute approximate surface area is 129 Å². The molecule has 0 aliphatic heterocycles. The summed E-state index contributed by atoms with van der Waals surface area (Å²) in [7, 11) is 1.68. The number of aryl methyl sites for hydroxylation is 1. The van der Waals surface area contributed by atoms with E-state index < -0.39 is 0 Å². The van der Waals surface area contributed by atoms with Crippen molar-refractivity contribution in [2.45, 2.75) is 25.3 Å². The fourth-order valence-corrected chi connectivity index (χ4v) is 2.85. The van der Waals surface area contributed by atoms with Crippen molar-refractivity contribution in [3.8, 4) is 5.75 Å². The first-order valence-electron chi connectivity index (χ1n) is 6.83. The summed E-state index contributed by atoms with van der Waals surface area (Å²) in [6.07, 6.45) is 3.10. The van der Waals surface area contributed by atoms with Crippen molar-refractivity contribution in [3.63, 3.8) is 0 Å². The second-order valence-corrected chi connectivity index (χ2v) is 5.73. The minimum atomic E-state index is 0.123. The zero-order valence-electron chi connectivity index (χ0n) is 11.7. The SMILES string of the molecule is COc1ccc(CCCC(N)c2ccccc2)cc1Br. The molecular weight excluding hydrogens is 314 g/mol. The molecule has 2 aromatic carbocycles. The lowest BCUT2D eigenvalue weighted by molar-refractivity contribution is 0.412. The number of methoxy groups -OCH3 is 1. The average Bonchev–Trinajstić information content (AvgIpc) is 2.48. The molecule has 2 aromatic rings. The van der Waals surface area contributed by atoms with Gasteiger partial charge in [0.05, 0.1) is 11.6 Å². The van der Waals surface area contributed by atoms with Gasteiger partial charge in [0.1, 0.15) is 5.75 Å². The Hall–Kier alpha value is -1.32. The van der Waals surface area contributed by atoms with Crippen LogP contribution in [0.4, 0.5) is 0 Å². The molecule has 0 bridgehead atoms. The van der Waals surface area contributed by atoms with Gasteiger partial charge in [0.15, 0.2) is 0 Å². The minimum Gasteiger partial charge on any atom is -0.496 e. The molecule has 106 valence electrons. The Bertz CT molecular complexity index is 542. The Morgan fingerprint density at radius 3 is 2.55 bits per heavy atom. The second kappa shape index (κ2) is 7.46. The zero-order valence-corrected chi connectivity index (χ0v) is 13.3. The summed E-state index contributed by atoms with van der Waals surface area (Å²) >= 11 is 3.52. The van der Waals surface area contributed by atoms with Gasteiger partial charge in [0, 0.05) is 6.04 Å². The maximum atomic E-state index is 6.21. The highest BCUT2D eigenvalue weighted by atomic mass is 79.9. The van der Waals surface area contributed by atoms with Crippen LogP contribution in [-0.2, 0) is 6.42 Å². The van der Waals surface area contributed by atoms with Crippen molar-refractivity contribution >= 4 is 15.9 Å². The van der Waals surface area contributed by atoms with Crippen molar-refractivity contribution in [2.75, 3.05) is 7.11 Å². The summed E-state index contributed by atoms with van der Waals surface area (Å²) < 4.78 is 6.24. The van der Waals surface area contributed by atoms with Crippen molar-refractivity contribution in [2.24, 2.45) is 5.73 Å². The molecule has 0 radical (unpaired) electrons. The van der Waals surface area contributed by atoms with Crippen LogP contribution in [0.15, 0.2) is 53.0 Å². The van der Waals surface area contributed by atoms with E-state index in [9.17, 15) is 0 Å². The van der Waals surface area contributed by atoms with Crippen LogP contribution >= 0.6 is 15.9 Å². The van der Waals surface area contributed by atoms with Crippen LogP contribution in [0.5, 0.6) is 5.75 Å². The molecular formula is C17H20BrNO. The van der Waals surface area contributed by atoms with E-state index in [-0.39, 0.29) is 6.04 Å². The molecule has 0 heterocycles. The molecule has 0 saturated heterocycles. The van der Waals surface area contributed by atoms with Gasteiger partial charge in [0.25, 0.3) is 0 Å². The van der Waals surface area contributed by atoms with Gasteiger partial charge in [-0.05, 0) is 58.5 Å². The number of rotatable bonds is 6. The zero-order chi connectivity index (χ0) is 14.4. The molecule has 2 N–H and O–H groups in total. The lowest BCUT2D eigenvalue weighted by atomic mass is 10.00. The number of ether oxygens (including phenoxy) is 1. The fraction of sp³-hybridized carbons (Fsp3) is 0.294. The molecule has 0 aliphatic rings. The molecule has 0 fully saturated rings. The number of benzene rings is 2. The molecule has 20 heavy (non-hydrogen) atoms. The number of hydrogen-bond acceptors (Lipinski definition) is 2. The second-order valence-electron chi connectivity index (χ2n) is 4.88. The van der Waals surface area contributed by atoms with Crippen LogP contribution in [0.3, 0.4) is 0 Å². The van der Waals surface area contributed by atoms with Crippen LogP contribution in [0.25, 0.3) is 0 Å². The third-order valence-corrected chi connectivity index (χ3v) is 4.04. The smallest absolute Gasteiger partial charge is 0.133 e. The van der Waals surface area contributed by atoms with Gasteiger partial charge >= 0.3 is 0 Å². The standard InChI is InChI=1S/C17H20BrNO/c1-20-17-11-10-13(12-15(17)18)6-5-9-16(19)14-7-3-2-4-8-14/h2-4,7-8,10-12,16H,5-6,9,19H2,1H3. The fourth-order valence-electron chi connectivity index (χ4n) is 2.26. The summed E-state index contributed by atoms with van der Waals surface area (Å²) in [6, 6.07) is 16.6. The third kappa shape index (κ3) is 4.09. The number of halogens is 1. The maximum Gasteiger partial charge on any atom is 0.133 e. The van der Waals surface area contributed by atoms with Crippen LogP contribution in [0, 0.1) is 0 Å². The topological polar surface area (TPSA) is 35.2 Å². The van der Waals surface area contributed by atoms with Gasteiger partial charge in [-0.2, -0.15) is 0 Å². The van der Waals surface area contributed by atoms with Crippen molar-refractivity contribution < 1.29 is 4.74 Å². The number of hydrogen-bond donors (Lipinski definition) is 1. The Morgan fingerprint density at radius 1 is 1.15 bits per heavy atom. The van der Waals surface area contributed by atoms with Gasteiger partial charge in [-0.25, -0.2) is 0 Å². The highest BCUT2D eigenvalue weighted by molar-refractivity contribution is 9.10. The van der Waals surface area contributed by atoms with Crippen LogP contribution < -0.4 is 10.5 Å². The summed E-state index contributed by atoms with van der Waals surface area (Å²) in [5.41, 5.74) is 8.72. The van der Waals surface area contributed by atoms with E-state index in [4.69, 9.17) is 10.5 Å². The normalized spacial score (nSPS) is 12.2. The summed E-state index contributed by atoms with van der Waals surface area (Å²) in [6.45, 7) is 0. The predicted molar refractivity (Wildman–Crippen MR) is 87.0 cm³/mol. The summed E-state index contributed by atoms with van der Waals surface area (Å²) in [4.78, 5) is 0. The lowest BCUT2D eigenvalue weighted by Gasteiger charge is -2.12. The first-order chi connectivity index (χ1) is 9.70. The molecule has 2 rings (SSSR count). The summed E-state index contributed by atoms with van der Waals surface area (Å²) in [5, 5.41) is 0. The molecule has 0 aliphatic carbocycles. The van der Waals surface area contributed by atoms with Crippen molar-refractivity contribution in [1.82, 2.24) is 0 Å². The Morgan fingerprint density at radius 2 is 1.90 bits per heavy atom. The van der Waals surface area contributed by atoms with Crippen LogP contribution in [0.2, 0.25) is 0 Å². The van der Waals surface area contributed by atoms with E-state index in [0.717, 1.165) is 29.5 Å². The van der Waals surface area contributed by atoms with Gasteiger partial charge in [-0.3, -0.25) is 0 Å². The highest BCUT2D eigenvalue weighted by Gasteiger charge is 2.06. The van der Waals surface area contributed by atoms with E-state index >= 15 is 0 Å². The van der Waals surface area contributed by atoms with E-state index in [0.29, 0.717) is 0 Å². The van der Waals surface area contributed by atoms with Crippen molar-refractivity contribution in [1.29, 1.82) is 0 Å². The molecule has 3 heteroatoms. The van der Waals surface area contributed by atoms with E-state index in [2.05, 4.69) is 40.2 Å². The Kier molecular flexibility index (Phi) is 5.62. The monoisotopic (exact) mass is 333 g/mol. The van der Waals surface area contributed by atoms with Gasteiger partial charge in [0.2, 0.25) is 0 Å². The van der Waals surface area contributed by atoms with E-state index in [1.54, 1.807) is 7.11 Å². The molecule has 1 unspecified atom stereocenters. The van der Waals surface area contributed by atoms with Crippen LogP contribution in [0.1, 0.15) is 30.0 Å². The quantitative estimate of drug-likeness (QED) is 0.845. The third-order valence-electron chi connectivity index (χ3n) is 3.42. The van der Waals surface area contributed by atoms with Crippen LogP contribution in [-0.4, -0.2) is 7.11 Å². The first kappa shape index (κ1) is 15.1. The molecule has 1 atom stereocenters. The maximum absolute atomic E-state index is 6.21. The van der Waals surface area contributed by atoms with E-state index in [1.165, 1.54) is 11.1 Å². The minimum absolute atomic E-state index is 0.123. The molecule has 0 aromatic heterocycles. The largest absolute Gasteiger partial charge is 0.496 e.